The maximum atomic E-state index is 10.9. The molecular weight excluding hydrogens is 272 g/mol. The minimum absolute atomic E-state index is 0.0538. The number of fused-ring (bicyclic) bond motifs is 1. The van der Waals surface area contributed by atoms with Gasteiger partial charge in [0.2, 0.25) is 0 Å². The third-order valence-corrected chi connectivity index (χ3v) is 2.97. The second-order valence-corrected chi connectivity index (χ2v) is 4.24. The number of nitrogen functional groups attached to an aromatic ring is 1. The lowest BCUT2D eigenvalue weighted by Crippen LogP contribution is -2.02. The Morgan fingerprint density at radius 1 is 1.24 bits per heavy atom. The molecule has 0 atom stereocenters. The Kier molecular flexibility index (Phi) is 3.03. The molecule has 3 aromatic rings. The molecule has 2 heterocycles. The molecule has 0 spiro atoms. The van der Waals surface area contributed by atoms with Crippen LogP contribution >= 0.6 is 0 Å². The number of benzene rings is 1. The van der Waals surface area contributed by atoms with Crippen LogP contribution in [0.2, 0.25) is 0 Å². The molecule has 3 rings (SSSR count). The summed E-state index contributed by atoms with van der Waals surface area (Å²) < 4.78 is 0. The topological polar surface area (TPSA) is 120 Å². The molecule has 0 amide bonds. The van der Waals surface area contributed by atoms with Gasteiger partial charge in [-0.05, 0) is 12.1 Å². The van der Waals surface area contributed by atoms with Crippen molar-refractivity contribution in [2.45, 2.75) is 0 Å². The Labute approximate surface area is 118 Å². The molecule has 0 saturated heterocycles. The minimum Gasteiger partial charge on any atom is -0.391 e. The van der Waals surface area contributed by atoms with E-state index in [2.05, 4.69) is 20.3 Å². The molecule has 0 aliphatic carbocycles. The molecule has 0 saturated carbocycles. The van der Waals surface area contributed by atoms with Crippen LogP contribution in [-0.2, 0) is 0 Å². The Balaban J connectivity index is 2.07. The van der Waals surface area contributed by atoms with E-state index in [-0.39, 0.29) is 11.4 Å². The van der Waals surface area contributed by atoms with Crippen LogP contribution in [0.1, 0.15) is 0 Å². The van der Waals surface area contributed by atoms with Crippen LogP contribution in [0, 0.1) is 10.1 Å². The van der Waals surface area contributed by atoms with Gasteiger partial charge in [-0.25, -0.2) is 9.97 Å². The van der Waals surface area contributed by atoms with Gasteiger partial charge < -0.3 is 11.1 Å². The molecule has 0 radical (unpaired) electrons. The summed E-state index contributed by atoms with van der Waals surface area (Å²) in [6.07, 6.45) is 4.64. The second kappa shape index (κ2) is 5.00. The summed E-state index contributed by atoms with van der Waals surface area (Å²) in [6, 6.07) is 6.30. The van der Waals surface area contributed by atoms with Crippen molar-refractivity contribution in [2.75, 3.05) is 11.1 Å². The molecule has 8 nitrogen and oxygen atoms in total. The number of hydrogen-bond acceptors (Lipinski definition) is 7. The van der Waals surface area contributed by atoms with Crippen molar-refractivity contribution < 1.29 is 4.92 Å². The highest BCUT2D eigenvalue weighted by molar-refractivity contribution is 5.91. The number of rotatable bonds is 3. The van der Waals surface area contributed by atoms with E-state index in [1.54, 1.807) is 30.6 Å². The first kappa shape index (κ1) is 12.7. The average Bonchev–Trinajstić information content (AvgIpc) is 2.49. The maximum Gasteiger partial charge on any atom is 0.294 e. The number of anilines is 3. The summed E-state index contributed by atoms with van der Waals surface area (Å²) in [5, 5.41) is 14.6. The Hall–Kier alpha value is -3.29. The largest absolute Gasteiger partial charge is 0.391 e. The van der Waals surface area contributed by atoms with Crippen LogP contribution < -0.4 is 11.1 Å². The minimum atomic E-state index is -0.528. The SMILES string of the molecule is Nc1c(Nc2ncnc3ccncc23)cccc1[N+](=O)[O-]. The van der Waals surface area contributed by atoms with Gasteiger partial charge in [-0.1, -0.05) is 6.07 Å². The Bertz CT molecular complexity index is 831. The number of pyridine rings is 1. The molecule has 0 aliphatic heterocycles. The summed E-state index contributed by atoms with van der Waals surface area (Å²) in [5.74, 6) is 0.486. The number of nitro benzene ring substituents is 1. The van der Waals surface area contributed by atoms with E-state index < -0.39 is 4.92 Å². The van der Waals surface area contributed by atoms with E-state index in [1.165, 1.54) is 12.4 Å². The highest BCUT2D eigenvalue weighted by Gasteiger charge is 2.15. The number of nitro groups is 1. The summed E-state index contributed by atoms with van der Waals surface area (Å²) in [6.45, 7) is 0. The summed E-state index contributed by atoms with van der Waals surface area (Å²) in [5.41, 5.74) is 6.84. The molecule has 21 heavy (non-hydrogen) atoms. The van der Waals surface area contributed by atoms with Crippen LogP contribution in [0.25, 0.3) is 10.9 Å². The molecule has 3 N–H and O–H groups in total. The van der Waals surface area contributed by atoms with Gasteiger partial charge in [-0.2, -0.15) is 0 Å². The van der Waals surface area contributed by atoms with Gasteiger partial charge >= 0.3 is 0 Å². The third-order valence-electron chi connectivity index (χ3n) is 2.97. The lowest BCUT2D eigenvalue weighted by molar-refractivity contribution is -0.383. The van der Waals surface area contributed by atoms with Gasteiger partial charge in [-0.3, -0.25) is 15.1 Å². The highest BCUT2D eigenvalue weighted by Crippen LogP contribution is 2.32. The number of nitrogens with zero attached hydrogens (tertiary/aromatic N) is 4. The number of hydrogen-bond donors (Lipinski definition) is 2. The Morgan fingerprint density at radius 2 is 2.10 bits per heavy atom. The fraction of sp³-hybridized carbons (Fsp3) is 0. The summed E-state index contributed by atoms with van der Waals surface area (Å²) >= 11 is 0. The van der Waals surface area contributed by atoms with Crippen molar-refractivity contribution in [3.05, 3.63) is 53.1 Å². The fourth-order valence-corrected chi connectivity index (χ4v) is 1.95. The zero-order chi connectivity index (χ0) is 14.8. The quantitative estimate of drug-likeness (QED) is 0.429. The van der Waals surface area contributed by atoms with Crippen molar-refractivity contribution in [3.63, 3.8) is 0 Å². The van der Waals surface area contributed by atoms with Crippen molar-refractivity contribution in [2.24, 2.45) is 0 Å². The molecular formula is C13H10N6O2. The third kappa shape index (κ3) is 2.29. The average molecular weight is 282 g/mol. The molecule has 8 heteroatoms. The smallest absolute Gasteiger partial charge is 0.294 e. The van der Waals surface area contributed by atoms with E-state index in [0.29, 0.717) is 22.4 Å². The molecule has 0 fully saturated rings. The lowest BCUT2D eigenvalue weighted by Gasteiger charge is -2.10. The predicted octanol–water partition coefficient (Wildman–Crippen LogP) is 2.26. The first-order chi connectivity index (χ1) is 10.2. The van der Waals surface area contributed by atoms with Crippen LogP contribution in [-0.4, -0.2) is 19.9 Å². The highest BCUT2D eigenvalue weighted by atomic mass is 16.6. The standard InChI is InChI=1S/C13H10N6O2/c14-12-10(2-1-3-11(12)19(20)21)18-13-8-6-15-5-4-9(8)16-7-17-13/h1-7H,14H2,(H,16,17,18). The fourth-order valence-electron chi connectivity index (χ4n) is 1.95. The van der Waals surface area contributed by atoms with Crippen LogP contribution in [0.3, 0.4) is 0 Å². The van der Waals surface area contributed by atoms with Crippen molar-refractivity contribution in [1.29, 1.82) is 0 Å². The van der Waals surface area contributed by atoms with Crippen molar-refractivity contribution in [1.82, 2.24) is 15.0 Å². The molecule has 104 valence electrons. The number of para-hydroxylation sites is 1. The lowest BCUT2D eigenvalue weighted by atomic mass is 10.2. The van der Waals surface area contributed by atoms with E-state index in [1.807, 2.05) is 0 Å². The zero-order valence-corrected chi connectivity index (χ0v) is 10.7. The van der Waals surface area contributed by atoms with Gasteiger partial charge in [0.25, 0.3) is 5.69 Å². The summed E-state index contributed by atoms with van der Waals surface area (Å²) in [4.78, 5) is 22.6. The monoisotopic (exact) mass is 282 g/mol. The molecule has 0 aliphatic rings. The van der Waals surface area contributed by atoms with E-state index in [4.69, 9.17) is 5.73 Å². The summed E-state index contributed by atoms with van der Waals surface area (Å²) in [7, 11) is 0. The molecule has 0 bridgehead atoms. The number of aromatic nitrogens is 3. The zero-order valence-electron chi connectivity index (χ0n) is 10.7. The molecule has 0 unspecified atom stereocenters. The van der Waals surface area contributed by atoms with Gasteiger partial charge in [0.1, 0.15) is 17.8 Å². The van der Waals surface area contributed by atoms with Gasteiger partial charge in [0, 0.05) is 18.5 Å². The van der Waals surface area contributed by atoms with Gasteiger partial charge in [-0.15, -0.1) is 0 Å². The maximum absolute atomic E-state index is 10.9. The van der Waals surface area contributed by atoms with E-state index >= 15 is 0 Å². The van der Waals surface area contributed by atoms with Gasteiger partial charge in [0.05, 0.1) is 21.5 Å². The van der Waals surface area contributed by atoms with E-state index in [9.17, 15) is 10.1 Å². The van der Waals surface area contributed by atoms with Crippen LogP contribution in [0.4, 0.5) is 22.9 Å². The van der Waals surface area contributed by atoms with Crippen LogP contribution in [0.5, 0.6) is 0 Å². The van der Waals surface area contributed by atoms with Crippen molar-refractivity contribution in [3.8, 4) is 0 Å². The first-order valence-electron chi connectivity index (χ1n) is 6.01. The normalized spacial score (nSPS) is 10.5. The number of nitrogens with one attached hydrogen (secondary N) is 1. The molecule has 1 aromatic carbocycles. The van der Waals surface area contributed by atoms with Crippen LogP contribution in [0.15, 0.2) is 43.0 Å². The van der Waals surface area contributed by atoms with Crippen molar-refractivity contribution >= 4 is 33.8 Å². The number of nitrogens with two attached hydrogens (primary N) is 1. The van der Waals surface area contributed by atoms with Gasteiger partial charge in [0.15, 0.2) is 0 Å². The Morgan fingerprint density at radius 3 is 2.90 bits per heavy atom. The van der Waals surface area contributed by atoms with E-state index in [0.717, 1.165) is 0 Å². The second-order valence-electron chi connectivity index (χ2n) is 4.24. The predicted molar refractivity (Wildman–Crippen MR) is 78.1 cm³/mol. The first-order valence-corrected chi connectivity index (χ1v) is 6.01. The molecule has 2 aromatic heterocycles.